The van der Waals surface area contributed by atoms with Crippen molar-refractivity contribution in [3.8, 4) is 29.7 Å². The molecule has 2 unspecified atom stereocenters. The summed E-state index contributed by atoms with van der Waals surface area (Å²) in [6.07, 6.45) is 5.26. The van der Waals surface area contributed by atoms with Crippen LogP contribution < -0.4 is 4.74 Å². The van der Waals surface area contributed by atoms with E-state index < -0.39 is 28.7 Å². The molecule has 1 aliphatic heterocycles. The molecule has 0 spiro atoms. The van der Waals surface area contributed by atoms with E-state index in [1.165, 1.54) is 12.8 Å². The molecule has 2 aliphatic carbocycles. The number of aromatic hydroxyl groups is 1. The van der Waals surface area contributed by atoms with E-state index in [9.17, 15) is 30.5 Å². The molecule has 10 heteroatoms. The molecule has 4 rings (SSSR count). The zero-order valence-corrected chi connectivity index (χ0v) is 30.5. The maximum atomic E-state index is 12.7. The minimum Gasteiger partial charge on any atom is -0.504 e. The first-order valence-corrected chi connectivity index (χ1v) is 17.9. The Hall–Kier alpha value is -3.65. The van der Waals surface area contributed by atoms with Crippen LogP contribution in [-0.4, -0.2) is 57.9 Å². The van der Waals surface area contributed by atoms with Gasteiger partial charge in [-0.3, -0.25) is 14.5 Å². The van der Waals surface area contributed by atoms with Gasteiger partial charge in [0.2, 0.25) is 5.41 Å². The van der Waals surface area contributed by atoms with Crippen LogP contribution in [0, 0.1) is 68.0 Å². The van der Waals surface area contributed by atoms with Gasteiger partial charge in [-0.15, -0.1) is 0 Å². The molecule has 1 saturated heterocycles. The lowest BCUT2D eigenvalue weighted by atomic mass is 9.41. The van der Waals surface area contributed by atoms with Crippen LogP contribution >= 0.6 is 0 Å². The van der Waals surface area contributed by atoms with E-state index >= 15 is 0 Å². The van der Waals surface area contributed by atoms with Crippen LogP contribution in [0.1, 0.15) is 117 Å². The van der Waals surface area contributed by atoms with E-state index in [0.717, 1.165) is 18.7 Å². The Morgan fingerprint density at radius 3 is 2.16 bits per heavy atom. The number of esters is 1. The first-order valence-electron chi connectivity index (χ1n) is 17.9. The summed E-state index contributed by atoms with van der Waals surface area (Å²) in [5, 5.41) is 59.7. The van der Waals surface area contributed by atoms with Gasteiger partial charge in [0.1, 0.15) is 18.2 Å². The number of carbonyl (C=O) groups is 2. The van der Waals surface area contributed by atoms with Gasteiger partial charge >= 0.3 is 11.9 Å². The summed E-state index contributed by atoms with van der Waals surface area (Å²) in [4.78, 5) is 26.2. The third-order valence-corrected chi connectivity index (χ3v) is 11.4. The van der Waals surface area contributed by atoms with Crippen LogP contribution in [0.25, 0.3) is 0 Å². The van der Waals surface area contributed by atoms with E-state index in [4.69, 9.17) is 14.9 Å². The zero-order chi connectivity index (χ0) is 36.8. The number of phenols is 1. The van der Waals surface area contributed by atoms with Crippen molar-refractivity contribution < 1.29 is 29.6 Å². The fraction of sp³-hybridized carbons (Fsp3) is 0.718. The van der Waals surface area contributed by atoms with Crippen LogP contribution in [0.15, 0.2) is 12.1 Å². The largest absolute Gasteiger partial charge is 0.504 e. The third kappa shape index (κ3) is 8.22. The van der Waals surface area contributed by atoms with Crippen molar-refractivity contribution in [2.45, 2.75) is 124 Å². The van der Waals surface area contributed by atoms with Gasteiger partial charge in [0.05, 0.1) is 0 Å². The summed E-state index contributed by atoms with van der Waals surface area (Å²) in [6, 6.07) is 9.75. The summed E-state index contributed by atoms with van der Waals surface area (Å²) in [7, 11) is 0. The van der Waals surface area contributed by atoms with Crippen LogP contribution in [0.2, 0.25) is 0 Å². The highest BCUT2D eigenvalue weighted by atomic mass is 16.5. The number of aliphatic hydroxyl groups is 1. The minimum atomic E-state index is -1.80. The van der Waals surface area contributed by atoms with Gasteiger partial charge in [0.25, 0.3) is 0 Å². The summed E-state index contributed by atoms with van der Waals surface area (Å²) in [5.74, 6) is -1.36. The summed E-state index contributed by atoms with van der Waals surface area (Å²) < 4.78 is 5.64. The Balaban J connectivity index is 0.000000992. The lowest BCUT2D eigenvalue weighted by molar-refractivity contribution is -0.137. The molecular formula is C39H56N4O6. The van der Waals surface area contributed by atoms with Crippen molar-refractivity contribution in [3.05, 3.63) is 23.3 Å². The lowest BCUT2D eigenvalue weighted by Crippen LogP contribution is -2.68. The number of piperidine rings is 1. The first-order chi connectivity index (χ1) is 23.0. The van der Waals surface area contributed by atoms with Crippen LogP contribution in [0.3, 0.4) is 0 Å². The Labute approximate surface area is 292 Å². The number of ether oxygens (including phenoxy) is 1. The number of carboxylic acid groups (broad SMARTS) is 1. The Morgan fingerprint density at radius 1 is 1.06 bits per heavy atom. The fourth-order valence-electron chi connectivity index (χ4n) is 8.63. The average Bonchev–Trinajstić information content (AvgIpc) is 3.88. The molecule has 3 aliphatic rings. The molecule has 1 heterocycles. The molecule has 1 aromatic rings. The summed E-state index contributed by atoms with van der Waals surface area (Å²) in [6.45, 7) is 16.8. The van der Waals surface area contributed by atoms with Crippen molar-refractivity contribution in [3.63, 3.8) is 0 Å². The van der Waals surface area contributed by atoms with Gasteiger partial charge in [-0.05, 0) is 99.1 Å². The predicted molar refractivity (Wildman–Crippen MR) is 185 cm³/mol. The molecule has 3 N–H and O–H groups in total. The highest BCUT2D eigenvalue weighted by Crippen LogP contribution is 2.67. The number of hydrogen-bond acceptors (Lipinski definition) is 9. The number of hydrogen-bond donors (Lipinski definition) is 3. The predicted octanol–water partition coefficient (Wildman–Crippen LogP) is 6.88. The second-order valence-corrected chi connectivity index (χ2v) is 16.0. The smallest absolute Gasteiger partial charge is 0.311 e. The standard InChI is InChI=1S/C34H44N4O5.C5H12O/c1-5-25-11-12-27(43-29(41)8-6-7-28(39)40)31(42)30(25)33-15-16-38(18-24-9-10-24)23(4)34(33,22(2)3)14-13-26(17-33)32(19-35,20-36)21-37;1-5(2,3)4-6/h11-12,22-24,26,42H,5-10,13-18H2,1-4H3,(H,39,40);6H,4H2,1-3H3/t23-,26?,33-,34?;/m1./s1. The second-order valence-electron chi connectivity index (χ2n) is 16.0. The normalized spacial score (nSPS) is 25.5. The molecule has 0 radical (unpaired) electrons. The number of carbonyl (C=O) groups excluding carboxylic acids is 1. The summed E-state index contributed by atoms with van der Waals surface area (Å²) in [5.41, 5.74) is -1.15. The molecule has 10 nitrogen and oxygen atoms in total. The number of aliphatic carboxylic acids is 1. The molecule has 0 bridgehead atoms. The maximum absolute atomic E-state index is 12.7. The number of aliphatic hydroxyl groups excluding tert-OH is 1. The first kappa shape index (κ1) is 39.8. The number of aryl methyl sites for hydroxylation is 1. The SMILES string of the molecule is CC(C)(C)CO.CCc1ccc(OC(=O)CCCC(=O)O)c(O)c1[C@]12CCN(CC3CC3)[C@H](C)C1(C(C)C)CCC(C(C#N)(C#N)C#N)C2. The van der Waals surface area contributed by atoms with Gasteiger partial charge in [0.15, 0.2) is 11.5 Å². The van der Waals surface area contributed by atoms with Gasteiger partial charge in [-0.25, -0.2) is 0 Å². The number of likely N-dealkylation sites (tertiary alicyclic amines) is 1. The van der Waals surface area contributed by atoms with E-state index in [1.807, 2.05) is 52.0 Å². The quantitative estimate of drug-likeness (QED) is 0.165. The van der Waals surface area contributed by atoms with Gasteiger partial charge < -0.3 is 20.1 Å². The highest BCUT2D eigenvalue weighted by Gasteiger charge is 2.65. The summed E-state index contributed by atoms with van der Waals surface area (Å²) >= 11 is 0. The molecule has 0 amide bonds. The van der Waals surface area contributed by atoms with Crippen molar-refractivity contribution in [1.29, 1.82) is 15.8 Å². The molecule has 268 valence electrons. The third-order valence-electron chi connectivity index (χ3n) is 11.4. The van der Waals surface area contributed by atoms with Crippen molar-refractivity contribution in [2.75, 3.05) is 19.7 Å². The molecule has 1 aromatic carbocycles. The van der Waals surface area contributed by atoms with Crippen molar-refractivity contribution >= 4 is 11.9 Å². The highest BCUT2D eigenvalue weighted by molar-refractivity contribution is 5.75. The van der Waals surface area contributed by atoms with E-state index in [1.54, 1.807) is 6.07 Å². The number of phenolic OH excluding ortho intramolecular Hbond substituents is 1. The number of rotatable bonds is 11. The van der Waals surface area contributed by atoms with Gasteiger partial charge in [-0.2, -0.15) is 15.8 Å². The van der Waals surface area contributed by atoms with Crippen molar-refractivity contribution in [1.82, 2.24) is 4.90 Å². The number of nitriles is 3. The Morgan fingerprint density at radius 2 is 1.67 bits per heavy atom. The Bertz CT molecular complexity index is 1440. The van der Waals surface area contributed by atoms with Gasteiger partial charge in [0, 0.05) is 48.9 Å². The number of carboxylic acids is 1. The molecule has 49 heavy (non-hydrogen) atoms. The Kier molecular flexibility index (Phi) is 12.9. The lowest BCUT2D eigenvalue weighted by Gasteiger charge is -2.66. The molecule has 0 aromatic heterocycles. The number of nitrogens with zero attached hydrogens (tertiary/aromatic N) is 4. The second kappa shape index (κ2) is 15.9. The van der Waals surface area contributed by atoms with E-state index in [0.29, 0.717) is 43.6 Å². The van der Waals surface area contributed by atoms with Crippen LogP contribution in [0.5, 0.6) is 11.5 Å². The van der Waals surface area contributed by atoms with E-state index in [-0.39, 0.29) is 60.2 Å². The fourth-order valence-corrected chi connectivity index (χ4v) is 8.63. The number of benzene rings is 1. The van der Waals surface area contributed by atoms with Crippen LogP contribution in [0.4, 0.5) is 0 Å². The van der Waals surface area contributed by atoms with Crippen molar-refractivity contribution in [2.24, 2.45) is 34.0 Å². The average molecular weight is 677 g/mol. The minimum absolute atomic E-state index is 0.0295. The van der Waals surface area contributed by atoms with Crippen LogP contribution in [-0.2, 0) is 21.4 Å². The van der Waals surface area contributed by atoms with E-state index in [2.05, 4.69) is 25.7 Å². The zero-order valence-electron chi connectivity index (χ0n) is 30.5. The maximum Gasteiger partial charge on any atom is 0.311 e. The number of fused-ring (bicyclic) bond motifs is 1. The molecular weight excluding hydrogens is 620 g/mol. The molecule has 4 atom stereocenters. The molecule has 3 fully saturated rings. The topological polar surface area (TPSA) is 179 Å². The molecule has 2 saturated carbocycles. The monoisotopic (exact) mass is 676 g/mol. The van der Waals surface area contributed by atoms with Gasteiger partial charge in [-0.1, -0.05) is 47.6 Å².